The fraction of sp³-hybridized carbons (Fsp3) is 0.467. The van der Waals surface area contributed by atoms with Crippen molar-refractivity contribution in [1.29, 1.82) is 0 Å². The van der Waals surface area contributed by atoms with Crippen LogP contribution in [0, 0.1) is 6.92 Å². The Morgan fingerprint density at radius 2 is 2.17 bits per heavy atom. The van der Waals surface area contributed by atoms with Crippen LogP contribution in [0.1, 0.15) is 11.3 Å². The quantitative estimate of drug-likeness (QED) is 0.432. The van der Waals surface area contributed by atoms with Gasteiger partial charge in [-0.05, 0) is 24.4 Å². The zero-order valence-corrected chi connectivity index (χ0v) is 16.6. The van der Waals surface area contributed by atoms with Crippen LogP contribution in [0.25, 0.3) is 0 Å². The normalized spacial score (nSPS) is 15.5. The maximum atomic E-state index is 4.41. The Morgan fingerprint density at radius 1 is 1.39 bits per heavy atom. The summed E-state index contributed by atoms with van der Waals surface area (Å²) >= 11 is 1.81. The van der Waals surface area contributed by atoms with Crippen molar-refractivity contribution in [1.82, 2.24) is 20.4 Å². The van der Waals surface area contributed by atoms with Crippen molar-refractivity contribution >= 4 is 46.3 Å². The van der Waals surface area contributed by atoms with E-state index in [4.69, 9.17) is 0 Å². The number of piperazine rings is 1. The van der Waals surface area contributed by atoms with Crippen molar-refractivity contribution in [2.45, 2.75) is 13.5 Å². The predicted molar refractivity (Wildman–Crippen MR) is 107 cm³/mol. The molecule has 6 nitrogen and oxygen atoms in total. The molecule has 0 spiro atoms. The van der Waals surface area contributed by atoms with Gasteiger partial charge in [-0.15, -0.1) is 35.3 Å². The highest BCUT2D eigenvalue weighted by Gasteiger charge is 2.20. The molecule has 0 unspecified atom stereocenters. The lowest BCUT2D eigenvalue weighted by Gasteiger charge is -2.37. The van der Waals surface area contributed by atoms with Gasteiger partial charge in [-0.3, -0.25) is 10.1 Å². The molecule has 2 aromatic heterocycles. The Hall–Kier alpha value is -1.29. The van der Waals surface area contributed by atoms with E-state index < -0.39 is 0 Å². The molecule has 0 atom stereocenters. The zero-order valence-electron chi connectivity index (χ0n) is 13.5. The number of aromatic nitrogens is 2. The summed E-state index contributed by atoms with van der Waals surface area (Å²) in [6.07, 6.45) is 1.87. The number of H-pyrrole nitrogens is 1. The molecule has 1 aliphatic rings. The van der Waals surface area contributed by atoms with Crippen molar-refractivity contribution in [3.63, 3.8) is 0 Å². The molecule has 2 aromatic rings. The molecule has 1 fully saturated rings. The first-order chi connectivity index (χ1) is 10.8. The molecule has 0 radical (unpaired) electrons. The van der Waals surface area contributed by atoms with Crippen molar-refractivity contribution < 1.29 is 0 Å². The van der Waals surface area contributed by atoms with Crippen molar-refractivity contribution in [3.8, 4) is 0 Å². The first-order valence-electron chi connectivity index (χ1n) is 7.51. The number of aryl methyl sites for hydroxylation is 1. The minimum absolute atomic E-state index is 0. The average Bonchev–Trinajstić information content (AvgIpc) is 3.21. The number of hydrogen-bond donors (Lipinski definition) is 2. The van der Waals surface area contributed by atoms with E-state index in [-0.39, 0.29) is 24.0 Å². The van der Waals surface area contributed by atoms with Gasteiger partial charge in [0, 0.05) is 51.0 Å². The van der Waals surface area contributed by atoms with Crippen LogP contribution >= 0.6 is 35.3 Å². The molecule has 0 amide bonds. The van der Waals surface area contributed by atoms with E-state index in [9.17, 15) is 0 Å². The topological polar surface area (TPSA) is 59.6 Å². The summed E-state index contributed by atoms with van der Waals surface area (Å²) in [5, 5.41) is 13.9. The minimum atomic E-state index is 0. The fourth-order valence-electron chi connectivity index (χ4n) is 2.65. The largest absolute Gasteiger partial charge is 0.360 e. The number of nitrogens with zero attached hydrogens (tertiary/aromatic N) is 4. The van der Waals surface area contributed by atoms with Gasteiger partial charge in [0.2, 0.25) is 0 Å². The van der Waals surface area contributed by atoms with E-state index >= 15 is 0 Å². The number of nitrogens with one attached hydrogen (secondary N) is 2. The lowest BCUT2D eigenvalue weighted by molar-refractivity contribution is 0.373. The first-order valence-corrected chi connectivity index (χ1v) is 8.39. The second kappa shape index (κ2) is 8.53. The third kappa shape index (κ3) is 4.37. The number of guanidine groups is 1. The standard InChI is InChI=1S/C15H22N6S.HI/c1-12-13(11-18-19-12)10-17-15(16-2)21-7-5-20(6-8-21)14-4-3-9-22-14;/h3-4,9,11H,5-8,10H2,1-2H3,(H,16,17)(H,18,19);1H. The lowest BCUT2D eigenvalue weighted by Crippen LogP contribution is -2.52. The van der Waals surface area contributed by atoms with Crippen LogP contribution in [-0.4, -0.2) is 54.3 Å². The molecular weight excluding hydrogens is 423 g/mol. The zero-order chi connectivity index (χ0) is 15.4. The van der Waals surface area contributed by atoms with Crippen molar-refractivity contribution in [2.75, 3.05) is 38.1 Å². The molecule has 1 aliphatic heterocycles. The van der Waals surface area contributed by atoms with E-state index in [1.54, 1.807) is 11.3 Å². The van der Waals surface area contributed by atoms with Gasteiger partial charge in [0.25, 0.3) is 0 Å². The molecule has 8 heteroatoms. The Morgan fingerprint density at radius 3 is 2.74 bits per heavy atom. The molecule has 0 aliphatic carbocycles. The van der Waals surface area contributed by atoms with Gasteiger partial charge >= 0.3 is 0 Å². The summed E-state index contributed by atoms with van der Waals surface area (Å²) in [6, 6.07) is 4.30. The van der Waals surface area contributed by atoms with Gasteiger partial charge in [-0.1, -0.05) is 0 Å². The van der Waals surface area contributed by atoms with Crippen LogP contribution in [0.15, 0.2) is 28.7 Å². The highest BCUT2D eigenvalue weighted by molar-refractivity contribution is 14.0. The summed E-state index contributed by atoms with van der Waals surface area (Å²) < 4.78 is 0. The number of rotatable bonds is 3. The average molecular weight is 446 g/mol. The van der Waals surface area contributed by atoms with Gasteiger partial charge in [-0.25, -0.2) is 0 Å². The number of anilines is 1. The van der Waals surface area contributed by atoms with Crippen LogP contribution in [0.2, 0.25) is 0 Å². The molecule has 23 heavy (non-hydrogen) atoms. The van der Waals surface area contributed by atoms with Gasteiger partial charge in [0.1, 0.15) is 0 Å². The molecule has 1 saturated heterocycles. The molecule has 126 valence electrons. The second-order valence-corrected chi connectivity index (χ2v) is 6.27. The van der Waals surface area contributed by atoms with E-state index in [0.29, 0.717) is 0 Å². The molecule has 0 aromatic carbocycles. The highest BCUT2D eigenvalue weighted by Crippen LogP contribution is 2.22. The fourth-order valence-corrected chi connectivity index (χ4v) is 3.43. The summed E-state index contributed by atoms with van der Waals surface area (Å²) in [7, 11) is 1.84. The number of halogens is 1. The Bertz CT molecular complexity index is 616. The maximum absolute atomic E-state index is 4.41. The Kier molecular flexibility index (Phi) is 6.70. The van der Waals surface area contributed by atoms with Crippen LogP contribution in [-0.2, 0) is 6.54 Å². The Balaban J connectivity index is 0.00000192. The van der Waals surface area contributed by atoms with Gasteiger partial charge in [0.05, 0.1) is 11.2 Å². The van der Waals surface area contributed by atoms with Crippen molar-refractivity contribution in [3.05, 3.63) is 35.0 Å². The maximum Gasteiger partial charge on any atom is 0.194 e. The van der Waals surface area contributed by atoms with E-state index in [2.05, 4.69) is 47.8 Å². The van der Waals surface area contributed by atoms with Gasteiger partial charge in [-0.2, -0.15) is 5.10 Å². The van der Waals surface area contributed by atoms with E-state index in [1.165, 1.54) is 10.6 Å². The number of thiophene rings is 1. The van der Waals surface area contributed by atoms with Gasteiger partial charge < -0.3 is 15.1 Å². The number of aromatic amines is 1. The first kappa shape index (κ1) is 18.1. The summed E-state index contributed by atoms with van der Waals surface area (Å²) in [6.45, 7) is 6.83. The lowest BCUT2D eigenvalue weighted by atomic mass is 10.2. The second-order valence-electron chi connectivity index (χ2n) is 5.35. The molecule has 3 heterocycles. The summed E-state index contributed by atoms with van der Waals surface area (Å²) in [5.41, 5.74) is 2.28. The van der Waals surface area contributed by atoms with Crippen molar-refractivity contribution in [2.24, 2.45) is 4.99 Å². The SMILES string of the molecule is CN=C(NCc1cn[nH]c1C)N1CCN(c2cccs2)CC1.I. The number of aliphatic imine (C=N–C) groups is 1. The van der Waals surface area contributed by atoms with Crippen LogP contribution in [0.3, 0.4) is 0 Å². The molecule has 2 N–H and O–H groups in total. The highest BCUT2D eigenvalue weighted by atomic mass is 127. The number of hydrogen-bond acceptors (Lipinski definition) is 4. The van der Waals surface area contributed by atoms with Gasteiger partial charge in [0.15, 0.2) is 5.96 Å². The molecule has 0 saturated carbocycles. The third-order valence-electron chi connectivity index (χ3n) is 3.98. The minimum Gasteiger partial charge on any atom is -0.360 e. The molecule has 3 rings (SSSR count). The summed E-state index contributed by atoms with van der Waals surface area (Å²) in [4.78, 5) is 9.17. The van der Waals surface area contributed by atoms with Crippen LogP contribution in [0.4, 0.5) is 5.00 Å². The molecule has 0 bridgehead atoms. The smallest absolute Gasteiger partial charge is 0.194 e. The van der Waals surface area contributed by atoms with E-state index in [0.717, 1.165) is 44.4 Å². The Labute approximate surface area is 158 Å². The monoisotopic (exact) mass is 446 g/mol. The third-order valence-corrected chi connectivity index (χ3v) is 4.91. The van der Waals surface area contributed by atoms with Crippen LogP contribution in [0.5, 0.6) is 0 Å². The van der Waals surface area contributed by atoms with Crippen LogP contribution < -0.4 is 10.2 Å². The summed E-state index contributed by atoms with van der Waals surface area (Å²) in [5.74, 6) is 0.964. The van der Waals surface area contributed by atoms with E-state index in [1.807, 2.05) is 20.2 Å². The predicted octanol–water partition coefficient (Wildman–Crippen LogP) is 2.30. The molecular formula is C15H23IN6S.